The Bertz CT molecular complexity index is 837. The molecule has 0 atom stereocenters. The minimum Gasteiger partial charge on any atom is -0.487 e. The summed E-state index contributed by atoms with van der Waals surface area (Å²) >= 11 is 1.56. The number of fused-ring (bicyclic) bond motifs is 1. The molecule has 5 nitrogen and oxygen atoms in total. The Morgan fingerprint density at radius 2 is 2.17 bits per heavy atom. The van der Waals surface area contributed by atoms with Crippen LogP contribution in [-0.4, -0.2) is 21.3 Å². The lowest BCUT2D eigenvalue weighted by Gasteiger charge is -2.08. The molecule has 0 saturated carbocycles. The number of H-pyrrole nitrogens is 1. The number of nitroso groups, excluding NO2 is 1. The summed E-state index contributed by atoms with van der Waals surface area (Å²) in [4.78, 5) is 19.2. The van der Waals surface area contributed by atoms with E-state index in [-0.39, 0.29) is 0 Å². The van der Waals surface area contributed by atoms with Crippen molar-refractivity contribution in [3.05, 3.63) is 50.4 Å². The van der Waals surface area contributed by atoms with Crippen LogP contribution in [-0.2, 0) is 13.2 Å². The van der Waals surface area contributed by atoms with Crippen molar-refractivity contribution in [2.45, 2.75) is 33.9 Å². The standard InChI is InChI=1S/C17H20N3O2S/c1-4-20(21)7-16-12(3)14-5-11(2)17(6-15(14)19-16)22-8-13-9-23-10-18-13/h5-6,9-10,19H,4,7-8H2,1-3H3/q+1. The van der Waals surface area contributed by atoms with Crippen molar-refractivity contribution in [2.24, 2.45) is 0 Å². The molecule has 3 aromatic rings. The van der Waals surface area contributed by atoms with Gasteiger partial charge in [0.25, 0.3) is 0 Å². The molecule has 6 heteroatoms. The SMILES string of the molecule is CC[N+](=O)Cc1[nH]c2cc(OCc3cscn3)c(C)cc2c1C. The van der Waals surface area contributed by atoms with Crippen LogP contribution in [0.2, 0.25) is 0 Å². The molecule has 0 fully saturated rings. The fourth-order valence-corrected chi connectivity index (χ4v) is 3.13. The monoisotopic (exact) mass is 330 g/mol. The lowest BCUT2D eigenvalue weighted by Crippen LogP contribution is -2.07. The smallest absolute Gasteiger partial charge is 0.231 e. The molecular formula is C17H20N3O2S+. The number of benzene rings is 1. The summed E-state index contributed by atoms with van der Waals surface area (Å²) in [6.07, 6.45) is 0. The van der Waals surface area contributed by atoms with Gasteiger partial charge in [-0.1, -0.05) is 0 Å². The third-order valence-electron chi connectivity index (χ3n) is 4.00. The van der Waals surface area contributed by atoms with Crippen LogP contribution in [0.3, 0.4) is 0 Å². The number of nitrogens with zero attached hydrogens (tertiary/aromatic N) is 2. The Kier molecular flexibility index (Phi) is 4.43. The summed E-state index contributed by atoms with van der Waals surface area (Å²) in [5.41, 5.74) is 6.91. The molecule has 1 aromatic carbocycles. The van der Waals surface area contributed by atoms with Crippen LogP contribution in [0.1, 0.15) is 29.4 Å². The van der Waals surface area contributed by atoms with Crippen LogP contribution < -0.4 is 4.74 Å². The van der Waals surface area contributed by atoms with Crippen molar-refractivity contribution in [3.8, 4) is 5.75 Å². The zero-order chi connectivity index (χ0) is 16.4. The molecule has 23 heavy (non-hydrogen) atoms. The number of aromatic nitrogens is 2. The number of nitrogens with one attached hydrogen (secondary N) is 1. The van der Waals surface area contributed by atoms with Crippen LogP contribution >= 0.6 is 11.3 Å². The maximum atomic E-state index is 11.6. The quantitative estimate of drug-likeness (QED) is 0.692. The van der Waals surface area contributed by atoms with Gasteiger partial charge in [0.2, 0.25) is 6.54 Å². The van der Waals surface area contributed by atoms with E-state index in [0.29, 0.717) is 19.7 Å². The second kappa shape index (κ2) is 6.50. The molecule has 120 valence electrons. The van der Waals surface area contributed by atoms with E-state index in [1.807, 2.05) is 32.2 Å². The van der Waals surface area contributed by atoms with Crippen molar-refractivity contribution >= 4 is 22.2 Å². The molecule has 0 radical (unpaired) electrons. The molecule has 0 aliphatic carbocycles. The Balaban J connectivity index is 1.89. The zero-order valence-electron chi connectivity index (χ0n) is 13.5. The maximum absolute atomic E-state index is 11.6. The van der Waals surface area contributed by atoms with Gasteiger partial charge in [0.15, 0.2) is 6.54 Å². The largest absolute Gasteiger partial charge is 0.487 e. The van der Waals surface area contributed by atoms with Crippen LogP contribution in [0, 0.1) is 18.8 Å². The molecule has 0 spiro atoms. The molecule has 2 heterocycles. The predicted octanol–water partition coefficient (Wildman–Crippen LogP) is 4.12. The fourth-order valence-electron chi connectivity index (χ4n) is 2.58. The molecule has 1 N–H and O–H groups in total. The van der Waals surface area contributed by atoms with Crippen molar-refractivity contribution in [1.82, 2.24) is 9.97 Å². The maximum Gasteiger partial charge on any atom is 0.231 e. The highest BCUT2D eigenvalue weighted by Gasteiger charge is 2.16. The van der Waals surface area contributed by atoms with Gasteiger partial charge in [-0.2, -0.15) is 0 Å². The molecule has 0 aliphatic heterocycles. The van der Waals surface area contributed by atoms with Crippen LogP contribution in [0.4, 0.5) is 0 Å². The van der Waals surface area contributed by atoms with Gasteiger partial charge in [-0.15, -0.1) is 11.3 Å². The van der Waals surface area contributed by atoms with Gasteiger partial charge < -0.3 is 9.72 Å². The molecule has 0 amide bonds. The van der Waals surface area contributed by atoms with Gasteiger partial charge >= 0.3 is 0 Å². The lowest BCUT2D eigenvalue weighted by atomic mass is 10.1. The molecule has 3 rings (SSSR count). The van der Waals surface area contributed by atoms with Gasteiger partial charge in [0, 0.05) is 32.0 Å². The average molecular weight is 330 g/mol. The Labute approximate surface area is 138 Å². The van der Waals surface area contributed by atoms with E-state index in [1.165, 1.54) is 0 Å². The number of hydrogen-bond donors (Lipinski definition) is 1. The van der Waals surface area contributed by atoms with Crippen LogP contribution in [0.5, 0.6) is 5.75 Å². The second-order valence-electron chi connectivity index (χ2n) is 5.62. The third-order valence-corrected chi connectivity index (χ3v) is 4.64. The summed E-state index contributed by atoms with van der Waals surface area (Å²) in [5, 5.41) is 3.13. The first-order valence-corrected chi connectivity index (χ1v) is 8.56. The second-order valence-corrected chi connectivity index (χ2v) is 6.34. The summed E-state index contributed by atoms with van der Waals surface area (Å²) in [7, 11) is 0. The highest BCUT2D eigenvalue weighted by Crippen LogP contribution is 2.29. The van der Waals surface area contributed by atoms with Crippen LogP contribution in [0.25, 0.3) is 10.9 Å². The van der Waals surface area contributed by atoms with Gasteiger partial charge in [-0.05, 0) is 38.0 Å². The predicted molar refractivity (Wildman–Crippen MR) is 92.1 cm³/mol. The molecule has 0 aliphatic rings. The van der Waals surface area contributed by atoms with Crippen molar-refractivity contribution in [2.75, 3.05) is 6.54 Å². The number of aryl methyl sites for hydroxylation is 2. The summed E-state index contributed by atoms with van der Waals surface area (Å²) in [6, 6.07) is 4.12. The first-order chi connectivity index (χ1) is 11.1. The Hall–Kier alpha value is -2.21. The van der Waals surface area contributed by atoms with E-state index in [9.17, 15) is 4.91 Å². The first-order valence-electron chi connectivity index (χ1n) is 7.62. The normalized spacial score (nSPS) is 11.1. The zero-order valence-corrected chi connectivity index (χ0v) is 14.4. The molecule has 0 unspecified atom stereocenters. The highest BCUT2D eigenvalue weighted by atomic mass is 32.1. The number of hydrogen-bond acceptors (Lipinski definition) is 4. The number of thiazole rings is 1. The minimum atomic E-state index is 0.380. The first kappa shape index (κ1) is 15.7. The fraction of sp³-hybridized carbons (Fsp3) is 0.353. The van der Waals surface area contributed by atoms with Gasteiger partial charge in [0.1, 0.15) is 12.4 Å². The van der Waals surface area contributed by atoms with E-state index >= 15 is 0 Å². The van der Waals surface area contributed by atoms with Gasteiger partial charge in [-0.25, -0.2) is 4.98 Å². The van der Waals surface area contributed by atoms with Crippen LogP contribution in [0.15, 0.2) is 23.0 Å². The summed E-state index contributed by atoms with van der Waals surface area (Å²) in [6.45, 7) is 7.27. The number of aromatic amines is 1. The van der Waals surface area contributed by atoms with E-state index in [1.54, 1.807) is 16.8 Å². The minimum absolute atomic E-state index is 0.380. The highest BCUT2D eigenvalue weighted by molar-refractivity contribution is 7.07. The van der Waals surface area contributed by atoms with Crippen molar-refractivity contribution in [1.29, 1.82) is 0 Å². The van der Waals surface area contributed by atoms with E-state index in [0.717, 1.165) is 43.9 Å². The van der Waals surface area contributed by atoms with Gasteiger partial charge in [0.05, 0.1) is 16.9 Å². The molecule has 0 bridgehead atoms. The molecular weight excluding hydrogens is 310 g/mol. The number of ether oxygens (including phenoxy) is 1. The van der Waals surface area contributed by atoms with Crippen molar-refractivity contribution < 1.29 is 9.50 Å². The molecule has 2 aromatic heterocycles. The Morgan fingerprint density at radius 1 is 1.35 bits per heavy atom. The van der Waals surface area contributed by atoms with E-state index in [4.69, 9.17) is 4.74 Å². The number of rotatable bonds is 6. The average Bonchev–Trinajstić information content (AvgIpc) is 3.15. The summed E-state index contributed by atoms with van der Waals surface area (Å²) in [5.74, 6) is 0.841. The van der Waals surface area contributed by atoms with Gasteiger partial charge in [-0.3, -0.25) is 0 Å². The molecule has 0 saturated heterocycles. The van der Waals surface area contributed by atoms with E-state index in [2.05, 4.69) is 16.0 Å². The third kappa shape index (κ3) is 3.27. The van der Waals surface area contributed by atoms with E-state index < -0.39 is 0 Å². The Morgan fingerprint density at radius 3 is 2.87 bits per heavy atom. The summed E-state index contributed by atoms with van der Waals surface area (Å²) < 4.78 is 6.94. The lowest BCUT2D eigenvalue weighted by molar-refractivity contribution is -0.561. The topological polar surface area (TPSA) is 58.0 Å². The van der Waals surface area contributed by atoms with Crippen molar-refractivity contribution in [3.63, 3.8) is 0 Å².